The van der Waals surface area contributed by atoms with Crippen LogP contribution in [0.2, 0.25) is 0 Å². The van der Waals surface area contributed by atoms with E-state index in [1.807, 2.05) is 0 Å². The van der Waals surface area contributed by atoms with E-state index in [0.717, 1.165) is 0 Å². The second kappa shape index (κ2) is 5.03. The normalized spacial score (nSPS) is 16.1. The largest absolute Gasteiger partial charge is 0.480 e. The number of aliphatic carboxylic acids is 1. The van der Waals surface area contributed by atoms with Gasteiger partial charge in [-0.15, -0.1) is 0 Å². The van der Waals surface area contributed by atoms with Crippen molar-refractivity contribution in [3.8, 4) is 0 Å². The van der Waals surface area contributed by atoms with Gasteiger partial charge in [0.1, 0.15) is 6.04 Å². The number of carbonyl (C=O) groups is 1. The van der Waals surface area contributed by atoms with E-state index < -0.39 is 18.4 Å². The average Bonchev–Trinajstić information content (AvgIpc) is 1.84. The highest BCUT2D eigenvalue weighted by Crippen LogP contribution is 2.14. The summed E-state index contributed by atoms with van der Waals surface area (Å²) in [5.74, 6) is -1.49. The molecule has 72 valence electrons. The van der Waals surface area contributed by atoms with Gasteiger partial charge in [0, 0.05) is 6.42 Å². The lowest BCUT2D eigenvalue weighted by Gasteiger charge is -2.12. The van der Waals surface area contributed by atoms with Crippen LogP contribution in [0.3, 0.4) is 0 Å². The van der Waals surface area contributed by atoms with Gasteiger partial charge in [-0.1, -0.05) is 6.92 Å². The van der Waals surface area contributed by atoms with Crippen molar-refractivity contribution < 1.29 is 18.7 Å². The molecule has 1 unspecified atom stereocenters. The Bertz CT molecular complexity index is 152. The van der Waals surface area contributed by atoms with Crippen LogP contribution in [0.1, 0.15) is 19.8 Å². The molecule has 0 fully saturated rings. The third kappa shape index (κ3) is 5.01. The van der Waals surface area contributed by atoms with Gasteiger partial charge in [-0.05, 0) is 12.3 Å². The first-order valence-corrected chi connectivity index (χ1v) is 3.70. The topological polar surface area (TPSA) is 63.3 Å². The lowest BCUT2D eigenvalue weighted by molar-refractivity contribution is -0.139. The fraction of sp³-hybridized carbons (Fsp3) is 0.857. The molecule has 0 rings (SSSR count). The van der Waals surface area contributed by atoms with E-state index >= 15 is 0 Å². The first kappa shape index (κ1) is 11.3. The third-order valence-electron chi connectivity index (χ3n) is 1.55. The van der Waals surface area contributed by atoms with Gasteiger partial charge >= 0.3 is 5.97 Å². The zero-order valence-electron chi connectivity index (χ0n) is 6.84. The zero-order chi connectivity index (χ0) is 9.72. The summed E-state index contributed by atoms with van der Waals surface area (Å²) in [5, 5.41) is 8.35. The molecule has 12 heavy (non-hydrogen) atoms. The Kier molecular flexibility index (Phi) is 4.73. The van der Waals surface area contributed by atoms with Crippen molar-refractivity contribution in [3.63, 3.8) is 0 Å². The Hall–Kier alpha value is -0.710. The zero-order valence-corrected chi connectivity index (χ0v) is 6.84. The fourth-order valence-corrected chi connectivity index (χ4v) is 0.935. The Morgan fingerprint density at radius 3 is 2.33 bits per heavy atom. The van der Waals surface area contributed by atoms with E-state index in [4.69, 9.17) is 10.8 Å². The van der Waals surface area contributed by atoms with Crippen molar-refractivity contribution in [1.29, 1.82) is 0 Å². The maximum Gasteiger partial charge on any atom is 0.320 e. The summed E-state index contributed by atoms with van der Waals surface area (Å²) in [4.78, 5) is 10.2. The van der Waals surface area contributed by atoms with Gasteiger partial charge in [0.05, 0.1) is 0 Å². The van der Waals surface area contributed by atoms with E-state index in [9.17, 15) is 13.6 Å². The lowest BCUT2D eigenvalue weighted by atomic mass is 9.99. The van der Waals surface area contributed by atoms with E-state index in [1.54, 1.807) is 6.92 Å². The van der Waals surface area contributed by atoms with E-state index in [1.165, 1.54) is 0 Å². The SMILES string of the molecule is CC(CC(F)F)C[C@H](N)C(=O)O. The van der Waals surface area contributed by atoms with Crippen LogP contribution in [0.25, 0.3) is 0 Å². The number of hydrogen-bond acceptors (Lipinski definition) is 2. The number of halogens is 2. The summed E-state index contributed by atoms with van der Waals surface area (Å²) in [5.41, 5.74) is 5.15. The molecular formula is C7H13F2NO2. The van der Waals surface area contributed by atoms with Gasteiger partial charge in [-0.3, -0.25) is 4.79 Å². The van der Waals surface area contributed by atoms with Gasteiger partial charge in [-0.2, -0.15) is 0 Å². The second-order valence-electron chi connectivity index (χ2n) is 2.91. The summed E-state index contributed by atoms with van der Waals surface area (Å²) in [6, 6.07) is -1.03. The molecule has 0 aromatic rings. The van der Waals surface area contributed by atoms with Crippen molar-refractivity contribution >= 4 is 5.97 Å². The average molecular weight is 181 g/mol. The molecule has 0 spiro atoms. The van der Waals surface area contributed by atoms with Gasteiger partial charge in [0.2, 0.25) is 6.43 Å². The number of carboxylic acids is 1. The van der Waals surface area contributed by atoms with Crippen LogP contribution in [-0.2, 0) is 4.79 Å². The maximum atomic E-state index is 11.7. The van der Waals surface area contributed by atoms with Gasteiger partial charge < -0.3 is 10.8 Å². The van der Waals surface area contributed by atoms with Crippen LogP contribution in [0.4, 0.5) is 8.78 Å². The molecule has 0 amide bonds. The number of carboxylic acid groups (broad SMARTS) is 1. The molecule has 0 heterocycles. The Balaban J connectivity index is 3.68. The van der Waals surface area contributed by atoms with Crippen molar-refractivity contribution in [2.45, 2.75) is 32.2 Å². The Morgan fingerprint density at radius 2 is 2.00 bits per heavy atom. The third-order valence-corrected chi connectivity index (χ3v) is 1.55. The van der Waals surface area contributed by atoms with Crippen LogP contribution >= 0.6 is 0 Å². The van der Waals surface area contributed by atoms with Gasteiger partial charge in [0.15, 0.2) is 0 Å². The van der Waals surface area contributed by atoms with Crippen LogP contribution in [0, 0.1) is 5.92 Å². The Morgan fingerprint density at radius 1 is 1.50 bits per heavy atom. The molecule has 0 saturated heterocycles. The van der Waals surface area contributed by atoms with Crippen LogP contribution in [0.15, 0.2) is 0 Å². The Labute approximate surface area is 69.6 Å². The summed E-state index contributed by atoms with van der Waals surface area (Å²) < 4.78 is 23.5. The van der Waals surface area contributed by atoms with Crippen LogP contribution in [0.5, 0.6) is 0 Å². The molecule has 2 atom stereocenters. The van der Waals surface area contributed by atoms with Crippen LogP contribution in [-0.4, -0.2) is 23.5 Å². The quantitative estimate of drug-likeness (QED) is 0.667. The minimum Gasteiger partial charge on any atom is -0.480 e. The van der Waals surface area contributed by atoms with E-state index in [0.29, 0.717) is 0 Å². The maximum absolute atomic E-state index is 11.7. The minimum absolute atomic E-state index is 0.0969. The molecule has 5 heteroatoms. The highest BCUT2D eigenvalue weighted by Gasteiger charge is 2.18. The van der Waals surface area contributed by atoms with Gasteiger partial charge in [0.25, 0.3) is 0 Å². The van der Waals surface area contributed by atoms with Crippen molar-refractivity contribution in [1.82, 2.24) is 0 Å². The molecule has 0 bridgehead atoms. The summed E-state index contributed by atoms with van der Waals surface area (Å²) in [6.07, 6.45) is -2.58. The standard InChI is InChI=1S/C7H13F2NO2/c1-4(3-6(8)9)2-5(10)7(11)12/h4-6H,2-3,10H2,1H3,(H,11,12)/t4?,5-/m0/s1. The molecule has 0 radical (unpaired) electrons. The van der Waals surface area contributed by atoms with Gasteiger partial charge in [-0.25, -0.2) is 8.78 Å². The molecule has 0 saturated carbocycles. The molecular weight excluding hydrogens is 168 g/mol. The summed E-state index contributed by atoms with van der Waals surface area (Å²) >= 11 is 0. The van der Waals surface area contributed by atoms with Crippen molar-refractivity contribution in [2.24, 2.45) is 11.7 Å². The molecule has 0 aliphatic heterocycles. The first-order chi connectivity index (χ1) is 5.43. The lowest BCUT2D eigenvalue weighted by Crippen LogP contribution is -2.32. The summed E-state index contributed by atoms with van der Waals surface area (Å²) in [7, 11) is 0. The smallest absolute Gasteiger partial charge is 0.320 e. The van der Waals surface area contributed by atoms with Crippen molar-refractivity contribution in [2.75, 3.05) is 0 Å². The molecule has 0 aliphatic rings. The molecule has 3 nitrogen and oxygen atoms in total. The summed E-state index contributed by atoms with van der Waals surface area (Å²) in [6.45, 7) is 1.56. The fourth-order valence-electron chi connectivity index (χ4n) is 0.935. The highest BCUT2D eigenvalue weighted by atomic mass is 19.3. The number of rotatable bonds is 5. The van der Waals surface area contributed by atoms with Crippen molar-refractivity contribution in [3.05, 3.63) is 0 Å². The number of hydrogen-bond donors (Lipinski definition) is 2. The van der Waals surface area contributed by atoms with E-state index in [-0.39, 0.29) is 18.8 Å². The number of nitrogens with two attached hydrogens (primary N) is 1. The predicted molar refractivity (Wildman–Crippen MR) is 40.0 cm³/mol. The first-order valence-electron chi connectivity index (χ1n) is 3.70. The predicted octanol–water partition coefficient (Wildman–Crippen LogP) is 1.08. The molecule has 3 N–H and O–H groups in total. The molecule has 0 aliphatic carbocycles. The highest BCUT2D eigenvalue weighted by molar-refractivity contribution is 5.72. The van der Waals surface area contributed by atoms with Crippen LogP contribution < -0.4 is 5.73 Å². The van der Waals surface area contributed by atoms with E-state index in [2.05, 4.69) is 0 Å². The molecule has 0 aromatic heterocycles. The second-order valence-corrected chi connectivity index (χ2v) is 2.91. The molecule has 0 aromatic carbocycles. The number of alkyl halides is 2. The monoisotopic (exact) mass is 181 g/mol. The minimum atomic E-state index is -2.39.